The SMILES string of the molecule is CN(CC1CCCOC1)S(=O)(=O)c1cccnc1CN. The van der Waals surface area contributed by atoms with E-state index in [0.717, 1.165) is 19.4 Å². The lowest BCUT2D eigenvalue weighted by Crippen LogP contribution is -2.35. The number of hydrogen-bond donors (Lipinski definition) is 1. The Bertz CT molecular complexity index is 542. The fraction of sp³-hybridized carbons (Fsp3) is 0.615. The molecule has 1 aromatic rings. The van der Waals surface area contributed by atoms with Crippen LogP contribution in [0.2, 0.25) is 0 Å². The lowest BCUT2D eigenvalue weighted by atomic mass is 10.0. The highest BCUT2D eigenvalue weighted by Gasteiger charge is 2.27. The average Bonchev–Trinajstić information content (AvgIpc) is 2.48. The highest BCUT2D eigenvalue weighted by molar-refractivity contribution is 7.89. The smallest absolute Gasteiger partial charge is 0.244 e. The first kappa shape index (κ1) is 15.4. The first-order chi connectivity index (χ1) is 9.55. The van der Waals surface area contributed by atoms with Gasteiger partial charge in [0.2, 0.25) is 10.0 Å². The summed E-state index contributed by atoms with van der Waals surface area (Å²) in [7, 11) is -1.95. The molecule has 6 nitrogen and oxygen atoms in total. The van der Waals surface area contributed by atoms with Crippen molar-refractivity contribution < 1.29 is 13.2 Å². The monoisotopic (exact) mass is 299 g/mol. The van der Waals surface area contributed by atoms with Gasteiger partial charge < -0.3 is 10.5 Å². The van der Waals surface area contributed by atoms with Gasteiger partial charge in [0.05, 0.1) is 12.3 Å². The zero-order valence-electron chi connectivity index (χ0n) is 11.7. The Morgan fingerprint density at radius 3 is 3.00 bits per heavy atom. The maximum atomic E-state index is 12.6. The van der Waals surface area contributed by atoms with Crippen LogP contribution in [0.5, 0.6) is 0 Å². The number of nitrogens with two attached hydrogens (primary N) is 1. The van der Waals surface area contributed by atoms with E-state index in [-0.39, 0.29) is 17.4 Å². The van der Waals surface area contributed by atoms with E-state index in [1.807, 2.05) is 0 Å². The van der Waals surface area contributed by atoms with Crippen molar-refractivity contribution in [3.8, 4) is 0 Å². The van der Waals surface area contributed by atoms with Gasteiger partial charge in [-0.2, -0.15) is 0 Å². The Morgan fingerprint density at radius 2 is 2.35 bits per heavy atom. The summed E-state index contributed by atoms with van der Waals surface area (Å²) < 4.78 is 31.9. The standard InChI is InChI=1S/C13H21N3O3S/c1-16(9-11-4-3-7-19-10-11)20(17,18)13-5-2-6-15-12(13)8-14/h2,5-6,11H,3-4,7-10,14H2,1H3. The molecule has 0 amide bonds. The van der Waals surface area contributed by atoms with Gasteiger partial charge in [-0.1, -0.05) is 0 Å². The van der Waals surface area contributed by atoms with Crippen molar-refractivity contribution in [3.05, 3.63) is 24.0 Å². The minimum absolute atomic E-state index is 0.107. The Hall–Kier alpha value is -1.02. The fourth-order valence-corrected chi connectivity index (χ4v) is 3.82. The largest absolute Gasteiger partial charge is 0.381 e. The molecule has 0 aromatic carbocycles. The van der Waals surface area contributed by atoms with Crippen LogP contribution in [-0.2, 0) is 21.3 Å². The number of pyridine rings is 1. The summed E-state index contributed by atoms with van der Waals surface area (Å²) in [6.07, 6.45) is 3.53. The number of sulfonamides is 1. The molecule has 1 aromatic heterocycles. The van der Waals surface area contributed by atoms with Crippen LogP contribution < -0.4 is 5.73 Å². The maximum absolute atomic E-state index is 12.6. The minimum Gasteiger partial charge on any atom is -0.381 e. The van der Waals surface area contributed by atoms with Crippen molar-refractivity contribution >= 4 is 10.0 Å². The van der Waals surface area contributed by atoms with Gasteiger partial charge in [-0.3, -0.25) is 4.98 Å². The molecule has 0 bridgehead atoms. The first-order valence-corrected chi connectivity index (χ1v) is 8.17. The van der Waals surface area contributed by atoms with Gasteiger partial charge in [0.1, 0.15) is 4.90 Å². The van der Waals surface area contributed by atoms with Crippen molar-refractivity contribution in [2.45, 2.75) is 24.3 Å². The molecule has 1 fully saturated rings. The van der Waals surface area contributed by atoms with Crippen LogP contribution in [0.1, 0.15) is 18.5 Å². The molecule has 2 N–H and O–H groups in total. The summed E-state index contributed by atoms with van der Waals surface area (Å²) in [5.41, 5.74) is 5.97. The van der Waals surface area contributed by atoms with Crippen molar-refractivity contribution in [1.82, 2.24) is 9.29 Å². The van der Waals surface area contributed by atoms with Crippen molar-refractivity contribution in [2.75, 3.05) is 26.8 Å². The normalized spacial score (nSPS) is 20.2. The predicted molar refractivity (Wildman–Crippen MR) is 75.5 cm³/mol. The van der Waals surface area contributed by atoms with Gasteiger partial charge in [-0.25, -0.2) is 12.7 Å². The van der Waals surface area contributed by atoms with E-state index < -0.39 is 10.0 Å². The lowest BCUT2D eigenvalue weighted by Gasteiger charge is -2.27. The minimum atomic E-state index is -3.55. The second kappa shape index (κ2) is 6.62. The molecule has 1 aliphatic rings. The number of aromatic nitrogens is 1. The highest BCUT2D eigenvalue weighted by atomic mass is 32.2. The van der Waals surface area contributed by atoms with Crippen molar-refractivity contribution in [1.29, 1.82) is 0 Å². The lowest BCUT2D eigenvalue weighted by molar-refractivity contribution is 0.0495. The van der Waals surface area contributed by atoms with Crippen LogP contribution in [0.15, 0.2) is 23.2 Å². The highest BCUT2D eigenvalue weighted by Crippen LogP contribution is 2.21. The van der Waals surface area contributed by atoms with Gasteiger partial charge in [-0.15, -0.1) is 0 Å². The zero-order valence-corrected chi connectivity index (χ0v) is 12.5. The predicted octanol–water partition coefficient (Wildman–Crippen LogP) is 0.587. The molecule has 1 aliphatic heterocycles. The zero-order chi connectivity index (χ0) is 14.6. The van der Waals surface area contributed by atoms with Gasteiger partial charge in [0.25, 0.3) is 0 Å². The summed E-state index contributed by atoms with van der Waals surface area (Å²) in [5.74, 6) is 0.251. The van der Waals surface area contributed by atoms with Gasteiger partial charge in [0, 0.05) is 32.9 Å². The van der Waals surface area contributed by atoms with Crippen LogP contribution in [0.25, 0.3) is 0 Å². The molecular formula is C13H21N3O3S. The molecule has 0 radical (unpaired) electrons. The molecule has 1 atom stereocenters. The van der Waals surface area contributed by atoms with E-state index in [4.69, 9.17) is 10.5 Å². The van der Waals surface area contributed by atoms with Gasteiger partial charge >= 0.3 is 0 Å². The van der Waals surface area contributed by atoms with E-state index in [1.54, 1.807) is 25.4 Å². The molecule has 0 spiro atoms. The van der Waals surface area contributed by atoms with Crippen molar-refractivity contribution in [2.24, 2.45) is 11.7 Å². The molecular weight excluding hydrogens is 278 g/mol. The molecule has 112 valence electrons. The first-order valence-electron chi connectivity index (χ1n) is 6.73. The van der Waals surface area contributed by atoms with Crippen LogP contribution in [-0.4, -0.2) is 44.5 Å². The Kier molecular flexibility index (Phi) is 5.09. The van der Waals surface area contributed by atoms with Crippen LogP contribution >= 0.6 is 0 Å². The number of hydrogen-bond acceptors (Lipinski definition) is 5. The van der Waals surface area contributed by atoms with E-state index in [2.05, 4.69) is 4.98 Å². The quantitative estimate of drug-likeness (QED) is 0.860. The molecule has 2 rings (SSSR count). The third-order valence-corrected chi connectivity index (χ3v) is 5.40. The molecule has 20 heavy (non-hydrogen) atoms. The fourth-order valence-electron chi connectivity index (χ4n) is 2.39. The topological polar surface area (TPSA) is 85.5 Å². The van der Waals surface area contributed by atoms with Crippen molar-refractivity contribution in [3.63, 3.8) is 0 Å². The second-order valence-corrected chi connectivity index (χ2v) is 7.03. The molecule has 7 heteroatoms. The van der Waals surface area contributed by atoms with Crippen LogP contribution in [0.3, 0.4) is 0 Å². The maximum Gasteiger partial charge on any atom is 0.244 e. The van der Waals surface area contributed by atoms with Gasteiger partial charge in [0.15, 0.2) is 0 Å². The molecule has 2 heterocycles. The van der Waals surface area contributed by atoms with Gasteiger partial charge in [-0.05, 0) is 30.9 Å². The summed E-state index contributed by atoms with van der Waals surface area (Å²) >= 11 is 0. The molecule has 0 aliphatic carbocycles. The number of ether oxygens (including phenoxy) is 1. The molecule has 1 saturated heterocycles. The average molecular weight is 299 g/mol. The third-order valence-electron chi connectivity index (χ3n) is 3.50. The summed E-state index contributed by atoms with van der Waals surface area (Å²) in [4.78, 5) is 4.23. The second-order valence-electron chi connectivity index (χ2n) is 5.02. The van der Waals surface area contributed by atoms with E-state index >= 15 is 0 Å². The summed E-state index contributed by atoms with van der Waals surface area (Å²) in [5, 5.41) is 0. The Labute approximate surface area is 120 Å². The van der Waals surface area contributed by atoms with Crippen LogP contribution in [0.4, 0.5) is 0 Å². The molecule has 1 unspecified atom stereocenters. The summed E-state index contributed by atoms with van der Waals surface area (Å²) in [6.45, 7) is 1.96. The van der Waals surface area contributed by atoms with E-state index in [9.17, 15) is 8.42 Å². The summed E-state index contributed by atoms with van der Waals surface area (Å²) in [6, 6.07) is 3.17. The van der Waals surface area contributed by atoms with E-state index in [1.165, 1.54) is 4.31 Å². The molecule has 0 saturated carbocycles. The van der Waals surface area contributed by atoms with Crippen LogP contribution in [0, 0.1) is 5.92 Å². The third kappa shape index (κ3) is 3.35. The number of rotatable bonds is 5. The number of nitrogens with zero attached hydrogens (tertiary/aromatic N) is 2. The Morgan fingerprint density at radius 1 is 1.55 bits per heavy atom. The van der Waals surface area contributed by atoms with E-state index in [0.29, 0.717) is 18.8 Å². The Balaban J connectivity index is 2.16.